The molecule has 0 radical (unpaired) electrons. The van der Waals surface area contributed by atoms with E-state index in [0.29, 0.717) is 22.9 Å². The standard InChI is InChI=1S/C19H19Cl2N3O4/c1-27-15-4-3-12(8-16(15)28-2)24-9-10(5-17(24)25)19(26)23-11-6-13(20)18(22)14(21)7-11/h3-4,6-8,10H,5,9,22H2,1-2H3,(H,23,26)/t10-/m0/s1. The third kappa shape index (κ3) is 3.95. The van der Waals surface area contributed by atoms with Gasteiger partial charge in [-0.1, -0.05) is 23.2 Å². The van der Waals surface area contributed by atoms with Crippen molar-refractivity contribution < 1.29 is 19.1 Å². The molecule has 1 fully saturated rings. The Balaban J connectivity index is 1.74. The Hall–Kier alpha value is -2.64. The van der Waals surface area contributed by atoms with Crippen molar-refractivity contribution in [3.63, 3.8) is 0 Å². The van der Waals surface area contributed by atoms with Crippen molar-refractivity contribution in [3.05, 3.63) is 40.4 Å². The Morgan fingerprint density at radius 1 is 1.14 bits per heavy atom. The molecule has 1 aliphatic heterocycles. The fraction of sp³-hybridized carbons (Fsp3) is 0.263. The Labute approximate surface area is 172 Å². The van der Waals surface area contributed by atoms with Crippen LogP contribution in [0.3, 0.4) is 0 Å². The van der Waals surface area contributed by atoms with Gasteiger partial charge in [0, 0.05) is 30.4 Å². The normalized spacial score (nSPS) is 16.2. The molecule has 0 unspecified atom stereocenters. The van der Waals surface area contributed by atoms with Crippen molar-refractivity contribution in [2.75, 3.05) is 36.7 Å². The van der Waals surface area contributed by atoms with Crippen LogP contribution in [0, 0.1) is 5.92 Å². The zero-order valence-electron chi connectivity index (χ0n) is 15.3. The quantitative estimate of drug-likeness (QED) is 0.716. The van der Waals surface area contributed by atoms with Crippen LogP contribution in [0.15, 0.2) is 30.3 Å². The van der Waals surface area contributed by atoms with Crippen LogP contribution in [0.2, 0.25) is 10.0 Å². The number of anilines is 3. The van der Waals surface area contributed by atoms with Crippen LogP contribution in [0.1, 0.15) is 6.42 Å². The topological polar surface area (TPSA) is 93.9 Å². The number of halogens is 2. The predicted molar refractivity (Wildman–Crippen MR) is 110 cm³/mol. The van der Waals surface area contributed by atoms with Crippen LogP contribution in [-0.2, 0) is 9.59 Å². The maximum atomic E-state index is 12.6. The molecule has 7 nitrogen and oxygen atoms in total. The lowest BCUT2D eigenvalue weighted by Crippen LogP contribution is -2.28. The molecule has 1 saturated heterocycles. The van der Waals surface area contributed by atoms with E-state index in [0.717, 1.165) is 0 Å². The second kappa shape index (κ2) is 8.16. The van der Waals surface area contributed by atoms with Gasteiger partial charge >= 0.3 is 0 Å². The average Bonchev–Trinajstić information content (AvgIpc) is 3.07. The zero-order valence-corrected chi connectivity index (χ0v) is 16.8. The number of rotatable bonds is 5. The number of benzene rings is 2. The molecule has 0 aromatic heterocycles. The number of ether oxygens (including phenoxy) is 2. The van der Waals surface area contributed by atoms with Crippen LogP contribution in [0.5, 0.6) is 11.5 Å². The number of nitrogens with one attached hydrogen (secondary N) is 1. The van der Waals surface area contributed by atoms with E-state index in [9.17, 15) is 9.59 Å². The molecule has 2 amide bonds. The van der Waals surface area contributed by atoms with Crippen LogP contribution in [-0.4, -0.2) is 32.6 Å². The van der Waals surface area contributed by atoms with Gasteiger partial charge in [0.15, 0.2) is 11.5 Å². The van der Waals surface area contributed by atoms with E-state index in [1.165, 1.54) is 26.4 Å². The molecule has 0 aliphatic carbocycles. The average molecular weight is 424 g/mol. The smallest absolute Gasteiger partial charge is 0.229 e. The molecule has 0 spiro atoms. The second-order valence-corrected chi connectivity index (χ2v) is 7.10. The Morgan fingerprint density at radius 2 is 1.79 bits per heavy atom. The lowest BCUT2D eigenvalue weighted by Gasteiger charge is -2.18. The molecule has 3 N–H and O–H groups in total. The molecule has 1 atom stereocenters. The molecular weight excluding hydrogens is 405 g/mol. The first-order chi connectivity index (χ1) is 13.3. The van der Waals surface area contributed by atoms with Gasteiger partial charge in [-0.2, -0.15) is 0 Å². The summed E-state index contributed by atoms with van der Waals surface area (Å²) in [4.78, 5) is 26.6. The molecular formula is C19H19Cl2N3O4. The third-order valence-corrected chi connectivity index (χ3v) is 5.15. The van der Waals surface area contributed by atoms with Gasteiger partial charge in [0.05, 0.1) is 35.9 Å². The van der Waals surface area contributed by atoms with Crippen molar-refractivity contribution in [1.82, 2.24) is 0 Å². The van der Waals surface area contributed by atoms with Gasteiger partial charge < -0.3 is 25.4 Å². The predicted octanol–water partition coefficient (Wildman–Crippen LogP) is 3.58. The zero-order chi connectivity index (χ0) is 20.4. The highest BCUT2D eigenvalue weighted by Crippen LogP contribution is 2.35. The summed E-state index contributed by atoms with van der Waals surface area (Å²) in [5.41, 5.74) is 7.01. The summed E-state index contributed by atoms with van der Waals surface area (Å²) in [5.74, 6) is 0.0980. The maximum absolute atomic E-state index is 12.6. The van der Waals surface area contributed by atoms with E-state index in [-0.39, 0.29) is 40.5 Å². The minimum atomic E-state index is -0.518. The number of amides is 2. The number of nitrogens with zero attached hydrogens (tertiary/aromatic N) is 1. The van der Waals surface area contributed by atoms with Crippen molar-refractivity contribution in [2.24, 2.45) is 5.92 Å². The summed E-state index contributed by atoms with van der Waals surface area (Å²) >= 11 is 12.0. The summed E-state index contributed by atoms with van der Waals surface area (Å²) in [6.07, 6.45) is 0.0939. The Kier molecular flexibility index (Phi) is 5.86. The lowest BCUT2D eigenvalue weighted by molar-refractivity contribution is -0.122. The minimum absolute atomic E-state index is 0.0939. The lowest BCUT2D eigenvalue weighted by atomic mass is 10.1. The Morgan fingerprint density at radius 3 is 2.39 bits per heavy atom. The van der Waals surface area contributed by atoms with E-state index in [2.05, 4.69) is 5.32 Å². The van der Waals surface area contributed by atoms with Crippen LogP contribution >= 0.6 is 23.2 Å². The van der Waals surface area contributed by atoms with E-state index in [1.54, 1.807) is 23.1 Å². The fourth-order valence-electron chi connectivity index (χ4n) is 3.03. The van der Waals surface area contributed by atoms with Gasteiger partial charge in [0.25, 0.3) is 0 Å². The summed E-state index contributed by atoms with van der Waals surface area (Å²) in [6, 6.07) is 8.20. The van der Waals surface area contributed by atoms with Crippen LogP contribution < -0.4 is 25.4 Å². The van der Waals surface area contributed by atoms with Crippen LogP contribution in [0.25, 0.3) is 0 Å². The van der Waals surface area contributed by atoms with Crippen molar-refractivity contribution in [2.45, 2.75) is 6.42 Å². The summed E-state index contributed by atoms with van der Waals surface area (Å²) < 4.78 is 10.5. The highest BCUT2D eigenvalue weighted by molar-refractivity contribution is 6.39. The van der Waals surface area contributed by atoms with E-state index >= 15 is 0 Å². The monoisotopic (exact) mass is 423 g/mol. The highest BCUT2D eigenvalue weighted by Gasteiger charge is 2.35. The van der Waals surface area contributed by atoms with E-state index in [1.807, 2.05) is 0 Å². The Bertz CT molecular complexity index is 912. The largest absolute Gasteiger partial charge is 0.493 e. The fourth-order valence-corrected chi connectivity index (χ4v) is 3.51. The van der Waals surface area contributed by atoms with Gasteiger partial charge in [-0.3, -0.25) is 9.59 Å². The molecule has 9 heteroatoms. The first kappa shape index (κ1) is 20.1. The first-order valence-electron chi connectivity index (χ1n) is 8.41. The number of carbonyl (C=O) groups is 2. The summed E-state index contributed by atoms with van der Waals surface area (Å²) in [7, 11) is 3.06. The number of hydrogen-bond donors (Lipinski definition) is 2. The summed E-state index contributed by atoms with van der Waals surface area (Å²) in [6.45, 7) is 0.247. The molecule has 0 saturated carbocycles. The highest BCUT2D eigenvalue weighted by atomic mass is 35.5. The van der Waals surface area contributed by atoms with Gasteiger partial charge in [-0.25, -0.2) is 0 Å². The first-order valence-corrected chi connectivity index (χ1v) is 9.17. The molecule has 0 bridgehead atoms. The molecule has 1 heterocycles. The molecule has 148 valence electrons. The SMILES string of the molecule is COc1ccc(N2C[C@@H](C(=O)Nc3cc(Cl)c(N)c(Cl)c3)CC2=O)cc1OC. The van der Waals surface area contributed by atoms with E-state index in [4.69, 9.17) is 38.4 Å². The van der Waals surface area contributed by atoms with Crippen molar-refractivity contribution >= 4 is 52.1 Å². The van der Waals surface area contributed by atoms with Crippen LogP contribution in [0.4, 0.5) is 17.1 Å². The van der Waals surface area contributed by atoms with Crippen molar-refractivity contribution in [1.29, 1.82) is 0 Å². The number of carbonyl (C=O) groups excluding carboxylic acids is 2. The molecule has 1 aliphatic rings. The van der Waals surface area contributed by atoms with Gasteiger partial charge in [0.2, 0.25) is 11.8 Å². The molecule has 28 heavy (non-hydrogen) atoms. The number of methoxy groups -OCH3 is 2. The number of nitrogen functional groups attached to an aromatic ring is 1. The van der Waals surface area contributed by atoms with Crippen molar-refractivity contribution in [3.8, 4) is 11.5 Å². The summed E-state index contributed by atoms with van der Waals surface area (Å²) in [5, 5.41) is 3.23. The minimum Gasteiger partial charge on any atom is -0.493 e. The van der Waals surface area contributed by atoms with Gasteiger partial charge in [0.1, 0.15) is 0 Å². The third-order valence-electron chi connectivity index (χ3n) is 4.52. The van der Waals surface area contributed by atoms with Gasteiger partial charge in [-0.05, 0) is 24.3 Å². The second-order valence-electron chi connectivity index (χ2n) is 6.29. The maximum Gasteiger partial charge on any atom is 0.229 e. The van der Waals surface area contributed by atoms with Gasteiger partial charge in [-0.15, -0.1) is 0 Å². The molecule has 3 rings (SSSR count). The number of nitrogens with two attached hydrogens (primary N) is 1. The molecule has 2 aromatic carbocycles. The van der Waals surface area contributed by atoms with E-state index < -0.39 is 5.92 Å². The molecule has 2 aromatic rings. The number of hydrogen-bond acceptors (Lipinski definition) is 5.